The Hall–Kier alpha value is -1.07. The van der Waals surface area contributed by atoms with Crippen LogP contribution in [0.15, 0.2) is 6.20 Å². The van der Waals surface area contributed by atoms with E-state index in [2.05, 4.69) is 35.9 Å². The Bertz CT molecular complexity index is 425. The van der Waals surface area contributed by atoms with Crippen LogP contribution in [0.3, 0.4) is 0 Å². The number of methoxy groups -OCH3 is 1. The molecule has 20 heavy (non-hydrogen) atoms. The minimum atomic E-state index is -0.186. The minimum absolute atomic E-state index is 0.110. The molecule has 1 aliphatic rings. The van der Waals surface area contributed by atoms with Crippen molar-refractivity contribution in [1.29, 1.82) is 0 Å². The Balaban J connectivity index is 2.39. The van der Waals surface area contributed by atoms with Crippen LogP contribution < -0.4 is 10.1 Å². The number of nitrogens with one attached hydrogen (secondary N) is 1. The molecule has 2 rings (SSSR count). The fraction of sp³-hybridized carbons (Fsp3) is 0.800. The van der Waals surface area contributed by atoms with Gasteiger partial charge in [-0.05, 0) is 32.7 Å². The van der Waals surface area contributed by atoms with Crippen LogP contribution in [0.2, 0.25) is 0 Å². The van der Waals surface area contributed by atoms with Gasteiger partial charge in [-0.25, -0.2) is 0 Å². The van der Waals surface area contributed by atoms with Crippen LogP contribution in [0.4, 0.5) is 0 Å². The van der Waals surface area contributed by atoms with Crippen LogP contribution in [-0.2, 0) is 11.3 Å². The molecule has 0 bridgehead atoms. The molecule has 1 saturated heterocycles. The van der Waals surface area contributed by atoms with Crippen molar-refractivity contribution in [2.24, 2.45) is 0 Å². The van der Waals surface area contributed by atoms with Gasteiger partial charge in [0.1, 0.15) is 5.69 Å². The van der Waals surface area contributed by atoms with E-state index in [1.807, 2.05) is 6.20 Å². The maximum absolute atomic E-state index is 6.05. The van der Waals surface area contributed by atoms with Gasteiger partial charge in [-0.2, -0.15) is 5.10 Å². The molecule has 2 heterocycles. The van der Waals surface area contributed by atoms with Crippen molar-refractivity contribution in [3.8, 4) is 5.75 Å². The van der Waals surface area contributed by atoms with Crippen LogP contribution in [0.5, 0.6) is 5.75 Å². The molecular weight excluding hydrogens is 254 g/mol. The highest BCUT2D eigenvalue weighted by Gasteiger charge is 2.42. The molecule has 0 spiro atoms. The van der Waals surface area contributed by atoms with Gasteiger partial charge in [0.15, 0.2) is 5.75 Å². The van der Waals surface area contributed by atoms with Crippen LogP contribution in [0.25, 0.3) is 0 Å². The molecule has 1 fully saturated rings. The van der Waals surface area contributed by atoms with Gasteiger partial charge in [-0.1, -0.05) is 13.8 Å². The third-order valence-corrected chi connectivity index (χ3v) is 4.04. The van der Waals surface area contributed by atoms with Crippen LogP contribution in [0, 0.1) is 0 Å². The highest BCUT2D eigenvalue weighted by Crippen LogP contribution is 2.40. The Labute approximate surface area is 121 Å². The Kier molecular flexibility index (Phi) is 5.05. The number of hydrogen-bond acceptors (Lipinski definition) is 4. The third-order valence-electron chi connectivity index (χ3n) is 4.04. The normalized spacial score (nSPS) is 24.0. The van der Waals surface area contributed by atoms with E-state index < -0.39 is 0 Å². The average Bonchev–Trinajstić information content (AvgIpc) is 3.04. The van der Waals surface area contributed by atoms with E-state index in [0.29, 0.717) is 0 Å². The number of likely N-dealkylation sites (N-methyl/N-ethyl adjacent to an activating group) is 1. The van der Waals surface area contributed by atoms with Gasteiger partial charge < -0.3 is 14.8 Å². The van der Waals surface area contributed by atoms with E-state index in [1.54, 1.807) is 7.11 Å². The van der Waals surface area contributed by atoms with Crippen molar-refractivity contribution >= 4 is 0 Å². The number of aryl methyl sites for hydroxylation is 1. The van der Waals surface area contributed by atoms with Crippen molar-refractivity contribution in [3.63, 3.8) is 0 Å². The smallest absolute Gasteiger partial charge is 0.161 e. The maximum atomic E-state index is 6.05. The van der Waals surface area contributed by atoms with E-state index in [9.17, 15) is 0 Å². The van der Waals surface area contributed by atoms with E-state index in [1.165, 1.54) is 0 Å². The highest BCUT2D eigenvalue weighted by molar-refractivity contribution is 5.31. The van der Waals surface area contributed by atoms with Gasteiger partial charge in [0.2, 0.25) is 0 Å². The standard InChI is InChI=1S/C15H27N3O2/c1-5-9-18-13(12(19-4)11-17-18)14(16-6-2)15(3)8-7-10-20-15/h11,14,16H,5-10H2,1-4H3. The number of nitrogens with zero attached hydrogens (tertiary/aromatic N) is 2. The SMILES string of the molecule is CCCn1ncc(OC)c1C(NCC)C1(C)CCCO1. The molecule has 0 amide bonds. The molecular formula is C15H27N3O2. The molecule has 2 atom stereocenters. The van der Waals surface area contributed by atoms with E-state index in [4.69, 9.17) is 9.47 Å². The summed E-state index contributed by atoms with van der Waals surface area (Å²) in [5, 5.41) is 8.05. The number of rotatable bonds is 7. The molecule has 0 aliphatic carbocycles. The Morgan fingerprint density at radius 2 is 2.35 bits per heavy atom. The van der Waals surface area contributed by atoms with Crippen LogP contribution in [0.1, 0.15) is 51.8 Å². The van der Waals surface area contributed by atoms with Gasteiger partial charge in [0, 0.05) is 13.2 Å². The zero-order valence-corrected chi connectivity index (χ0v) is 13.1. The summed E-state index contributed by atoms with van der Waals surface area (Å²) in [5.74, 6) is 0.848. The lowest BCUT2D eigenvalue weighted by Gasteiger charge is -2.34. The average molecular weight is 281 g/mol. The summed E-state index contributed by atoms with van der Waals surface area (Å²) in [7, 11) is 1.71. The monoisotopic (exact) mass is 281 g/mol. The first kappa shape index (κ1) is 15.3. The first-order valence-corrected chi connectivity index (χ1v) is 7.63. The molecule has 1 aromatic heterocycles. The largest absolute Gasteiger partial charge is 0.493 e. The predicted octanol–water partition coefficient (Wildman–Crippen LogP) is 2.52. The molecule has 5 nitrogen and oxygen atoms in total. The summed E-state index contributed by atoms with van der Waals surface area (Å²) in [6.07, 6.45) is 5.04. The highest BCUT2D eigenvalue weighted by atomic mass is 16.5. The molecule has 5 heteroatoms. The summed E-state index contributed by atoms with van der Waals surface area (Å²) in [6, 6.07) is 0.110. The van der Waals surface area contributed by atoms with Gasteiger partial charge in [-0.3, -0.25) is 4.68 Å². The second-order valence-electron chi connectivity index (χ2n) is 5.58. The van der Waals surface area contributed by atoms with Gasteiger partial charge in [0.25, 0.3) is 0 Å². The Morgan fingerprint density at radius 1 is 1.55 bits per heavy atom. The molecule has 1 aromatic rings. The molecule has 0 aromatic carbocycles. The fourth-order valence-electron chi connectivity index (χ4n) is 3.05. The number of hydrogen-bond donors (Lipinski definition) is 1. The molecule has 1 N–H and O–H groups in total. The molecule has 2 unspecified atom stereocenters. The van der Waals surface area contributed by atoms with E-state index in [0.717, 1.165) is 50.4 Å². The fourth-order valence-corrected chi connectivity index (χ4v) is 3.05. The van der Waals surface area contributed by atoms with E-state index in [-0.39, 0.29) is 11.6 Å². The number of aromatic nitrogens is 2. The van der Waals surface area contributed by atoms with Gasteiger partial charge >= 0.3 is 0 Å². The zero-order valence-electron chi connectivity index (χ0n) is 13.1. The molecule has 0 saturated carbocycles. The lowest BCUT2D eigenvalue weighted by Crippen LogP contribution is -2.42. The summed E-state index contributed by atoms with van der Waals surface area (Å²) in [5.41, 5.74) is 0.926. The molecule has 0 radical (unpaired) electrons. The van der Waals surface area contributed by atoms with Crippen molar-refractivity contribution in [3.05, 3.63) is 11.9 Å². The zero-order chi connectivity index (χ0) is 14.6. The second-order valence-corrected chi connectivity index (χ2v) is 5.58. The Morgan fingerprint density at radius 3 is 2.90 bits per heavy atom. The van der Waals surface area contributed by atoms with E-state index >= 15 is 0 Å². The second kappa shape index (κ2) is 6.59. The lowest BCUT2D eigenvalue weighted by molar-refractivity contribution is -0.0150. The topological polar surface area (TPSA) is 48.3 Å². The van der Waals surface area contributed by atoms with Crippen molar-refractivity contribution < 1.29 is 9.47 Å². The summed E-state index contributed by atoms with van der Waals surface area (Å²) in [6.45, 7) is 9.10. The van der Waals surface area contributed by atoms with Gasteiger partial charge in [-0.15, -0.1) is 0 Å². The molecule has 1 aliphatic heterocycles. The van der Waals surface area contributed by atoms with Gasteiger partial charge in [0.05, 0.1) is 24.9 Å². The predicted molar refractivity (Wildman–Crippen MR) is 79.1 cm³/mol. The van der Waals surface area contributed by atoms with Crippen molar-refractivity contribution in [2.75, 3.05) is 20.3 Å². The number of ether oxygens (including phenoxy) is 2. The third kappa shape index (κ3) is 2.83. The van der Waals surface area contributed by atoms with Crippen LogP contribution >= 0.6 is 0 Å². The quantitative estimate of drug-likeness (QED) is 0.834. The van der Waals surface area contributed by atoms with Crippen molar-refractivity contribution in [1.82, 2.24) is 15.1 Å². The minimum Gasteiger partial charge on any atom is -0.493 e. The first-order chi connectivity index (χ1) is 9.66. The first-order valence-electron chi connectivity index (χ1n) is 7.63. The maximum Gasteiger partial charge on any atom is 0.161 e. The summed E-state index contributed by atoms with van der Waals surface area (Å²) in [4.78, 5) is 0. The summed E-state index contributed by atoms with van der Waals surface area (Å²) >= 11 is 0. The van der Waals surface area contributed by atoms with Crippen LogP contribution in [-0.4, -0.2) is 35.6 Å². The molecule has 114 valence electrons. The lowest BCUT2D eigenvalue weighted by atomic mass is 9.90. The summed E-state index contributed by atoms with van der Waals surface area (Å²) < 4.78 is 13.6. The van der Waals surface area contributed by atoms with Crippen molar-refractivity contribution in [2.45, 2.75) is 58.2 Å².